The summed E-state index contributed by atoms with van der Waals surface area (Å²) in [4.78, 5) is 18.4. The van der Waals surface area contributed by atoms with Gasteiger partial charge in [0.15, 0.2) is 5.16 Å². The molecular formula is C23H21N3OS. The number of hydrogen-bond acceptors (Lipinski definition) is 3. The Morgan fingerprint density at radius 2 is 1.71 bits per heavy atom. The van der Waals surface area contributed by atoms with Gasteiger partial charge in [-0.25, -0.2) is 4.98 Å². The quantitative estimate of drug-likeness (QED) is 0.356. The molecule has 0 saturated heterocycles. The molecule has 2 aromatic heterocycles. The first-order chi connectivity index (χ1) is 13.7. The van der Waals surface area contributed by atoms with Crippen LogP contribution in [0, 0.1) is 0 Å². The van der Waals surface area contributed by atoms with E-state index in [0.717, 1.165) is 40.4 Å². The molecule has 1 fully saturated rings. The molecule has 0 N–H and O–H groups in total. The van der Waals surface area contributed by atoms with Gasteiger partial charge in [0, 0.05) is 30.6 Å². The molecule has 4 aromatic rings. The first kappa shape index (κ1) is 17.3. The maximum atomic E-state index is 13.4. The molecule has 0 atom stereocenters. The van der Waals surface area contributed by atoms with Crippen molar-refractivity contribution >= 4 is 22.8 Å². The third-order valence-corrected chi connectivity index (χ3v) is 6.22. The summed E-state index contributed by atoms with van der Waals surface area (Å²) in [5.41, 5.74) is 4.90. The van der Waals surface area contributed by atoms with Gasteiger partial charge in [0.1, 0.15) is 11.0 Å². The van der Waals surface area contributed by atoms with Crippen LogP contribution in [0.5, 0.6) is 0 Å². The normalized spacial score (nSPS) is 13.9. The topological polar surface area (TPSA) is 39.8 Å². The molecule has 4 nitrogen and oxygen atoms in total. The highest BCUT2D eigenvalue weighted by atomic mass is 32.2. The second-order valence-corrected chi connectivity index (χ2v) is 8.23. The van der Waals surface area contributed by atoms with Crippen LogP contribution in [0.15, 0.2) is 76.8 Å². The number of rotatable bonds is 5. The maximum Gasteiger partial charge on any atom is 0.278 e. The van der Waals surface area contributed by atoms with Crippen LogP contribution < -0.4 is 5.56 Å². The number of fused-ring (bicyclic) bond motifs is 1. The van der Waals surface area contributed by atoms with Crippen LogP contribution >= 0.6 is 11.8 Å². The monoisotopic (exact) mass is 387 g/mol. The average Bonchev–Trinajstić information content (AvgIpc) is 3.50. The second kappa shape index (κ2) is 6.99. The Labute approximate surface area is 167 Å². The number of benzene rings is 2. The van der Waals surface area contributed by atoms with Crippen molar-refractivity contribution in [3.63, 3.8) is 0 Å². The van der Waals surface area contributed by atoms with E-state index in [-0.39, 0.29) is 11.6 Å². The van der Waals surface area contributed by atoms with Gasteiger partial charge in [0.25, 0.3) is 5.56 Å². The van der Waals surface area contributed by atoms with E-state index in [0.29, 0.717) is 5.52 Å². The highest BCUT2D eigenvalue weighted by Crippen LogP contribution is 2.38. The Morgan fingerprint density at radius 3 is 2.39 bits per heavy atom. The van der Waals surface area contributed by atoms with E-state index >= 15 is 0 Å². The van der Waals surface area contributed by atoms with E-state index in [1.165, 1.54) is 5.56 Å². The van der Waals surface area contributed by atoms with Crippen LogP contribution in [0.3, 0.4) is 0 Å². The van der Waals surface area contributed by atoms with Crippen molar-refractivity contribution in [1.29, 1.82) is 0 Å². The lowest BCUT2D eigenvalue weighted by molar-refractivity contribution is 0.615. The van der Waals surface area contributed by atoms with Crippen molar-refractivity contribution in [2.24, 2.45) is 7.05 Å². The summed E-state index contributed by atoms with van der Waals surface area (Å²) in [6.45, 7) is 0. The molecule has 2 aromatic carbocycles. The van der Waals surface area contributed by atoms with Crippen molar-refractivity contribution in [3.8, 4) is 11.1 Å². The van der Waals surface area contributed by atoms with Crippen LogP contribution in [-0.2, 0) is 12.8 Å². The van der Waals surface area contributed by atoms with Gasteiger partial charge in [-0.3, -0.25) is 9.36 Å². The molecule has 1 aliphatic carbocycles. The molecule has 0 aliphatic heterocycles. The SMILES string of the molecule is Cn1cc(-c2ccccc2)c2nc(SCc3ccccc3)n(C3CC3)c(=O)c21. The molecule has 0 spiro atoms. The molecule has 0 radical (unpaired) electrons. The van der Waals surface area contributed by atoms with E-state index in [9.17, 15) is 4.79 Å². The van der Waals surface area contributed by atoms with Gasteiger partial charge >= 0.3 is 0 Å². The molecule has 0 amide bonds. The Bertz CT molecular complexity index is 1190. The Kier molecular flexibility index (Phi) is 4.32. The van der Waals surface area contributed by atoms with Gasteiger partial charge in [0.05, 0.1) is 0 Å². The molecule has 2 heterocycles. The van der Waals surface area contributed by atoms with E-state index in [2.05, 4.69) is 24.3 Å². The summed E-state index contributed by atoms with van der Waals surface area (Å²) in [6.07, 6.45) is 4.14. The van der Waals surface area contributed by atoms with Crippen molar-refractivity contribution in [2.45, 2.75) is 29.8 Å². The highest BCUT2D eigenvalue weighted by molar-refractivity contribution is 7.98. The zero-order valence-corrected chi connectivity index (χ0v) is 16.5. The van der Waals surface area contributed by atoms with Gasteiger partial charge in [0.2, 0.25) is 0 Å². The summed E-state index contributed by atoms with van der Waals surface area (Å²) < 4.78 is 3.85. The zero-order chi connectivity index (χ0) is 19.1. The van der Waals surface area contributed by atoms with Crippen molar-refractivity contribution in [1.82, 2.24) is 14.1 Å². The summed E-state index contributed by atoms with van der Waals surface area (Å²) >= 11 is 1.65. The van der Waals surface area contributed by atoms with Gasteiger partial charge in [-0.15, -0.1) is 0 Å². The van der Waals surface area contributed by atoms with Gasteiger partial charge < -0.3 is 4.57 Å². The van der Waals surface area contributed by atoms with E-state index < -0.39 is 0 Å². The third-order valence-electron chi connectivity index (χ3n) is 5.20. The number of aromatic nitrogens is 3. The number of thioether (sulfide) groups is 1. The molecule has 140 valence electrons. The van der Waals surface area contributed by atoms with Crippen molar-refractivity contribution in [2.75, 3.05) is 0 Å². The molecule has 0 bridgehead atoms. The van der Waals surface area contributed by atoms with Gasteiger partial charge in [-0.05, 0) is 24.0 Å². The first-order valence-corrected chi connectivity index (χ1v) is 10.5. The van der Waals surface area contributed by atoms with Gasteiger partial charge in [-0.2, -0.15) is 0 Å². The largest absolute Gasteiger partial charge is 0.344 e. The summed E-state index contributed by atoms with van der Waals surface area (Å²) in [5, 5.41) is 0.826. The Morgan fingerprint density at radius 1 is 1.04 bits per heavy atom. The molecular weight excluding hydrogens is 366 g/mol. The molecule has 1 aliphatic rings. The van der Waals surface area contributed by atoms with Gasteiger partial charge in [-0.1, -0.05) is 72.4 Å². The fourth-order valence-corrected chi connectivity index (χ4v) is 4.65. The smallest absolute Gasteiger partial charge is 0.278 e. The van der Waals surface area contributed by atoms with Crippen LogP contribution in [0.25, 0.3) is 22.2 Å². The lowest BCUT2D eigenvalue weighted by Crippen LogP contribution is -2.23. The minimum absolute atomic E-state index is 0.0766. The Balaban J connectivity index is 1.66. The van der Waals surface area contributed by atoms with Crippen molar-refractivity contribution in [3.05, 3.63) is 82.8 Å². The summed E-state index contributed by atoms with van der Waals surface area (Å²) in [5.74, 6) is 0.805. The minimum Gasteiger partial charge on any atom is -0.344 e. The highest BCUT2D eigenvalue weighted by Gasteiger charge is 2.30. The fraction of sp³-hybridized carbons (Fsp3) is 0.217. The van der Waals surface area contributed by atoms with Crippen LogP contribution in [0.4, 0.5) is 0 Å². The predicted molar refractivity (Wildman–Crippen MR) is 115 cm³/mol. The zero-order valence-electron chi connectivity index (χ0n) is 15.7. The molecule has 5 rings (SSSR count). The Hall–Kier alpha value is -2.79. The van der Waals surface area contributed by atoms with Crippen LogP contribution in [-0.4, -0.2) is 14.1 Å². The van der Waals surface area contributed by atoms with E-state index in [4.69, 9.17) is 4.98 Å². The predicted octanol–water partition coefficient (Wildman–Crippen LogP) is 5.03. The molecule has 1 saturated carbocycles. The van der Waals surface area contributed by atoms with Crippen LogP contribution in [0.2, 0.25) is 0 Å². The van der Waals surface area contributed by atoms with E-state index in [1.54, 1.807) is 11.8 Å². The number of nitrogens with zero attached hydrogens (tertiary/aromatic N) is 3. The average molecular weight is 388 g/mol. The maximum absolute atomic E-state index is 13.4. The standard InChI is InChI=1S/C23H21N3OS/c1-25-14-19(17-10-6-3-7-11-17)20-21(25)22(27)26(18-12-13-18)23(24-20)28-15-16-8-4-2-5-9-16/h2-11,14,18H,12-13,15H2,1H3. The lowest BCUT2D eigenvalue weighted by atomic mass is 10.1. The minimum atomic E-state index is 0.0766. The third kappa shape index (κ3) is 3.06. The molecule has 5 heteroatoms. The second-order valence-electron chi connectivity index (χ2n) is 7.29. The van der Waals surface area contributed by atoms with Crippen molar-refractivity contribution < 1.29 is 0 Å². The molecule has 28 heavy (non-hydrogen) atoms. The summed E-state index contributed by atoms with van der Waals surface area (Å²) in [7, 11) is 1.94. The number of aryl methyl sites for hydroxylation is 1. The summed E-state index contributed by atoms with van der Waals surface area (Å²) in [6, 6.07) is 20.8. The lowest BCUT2D eigenvalue weighted by Gasteiger charge is -2.12. The fourth-order valence-electron chi connectivity index (χ4n) is 3.64. The first-order valence-electron chi connectivity index (χ1n) is 9.56. The number of hydrogen-bond donors (Lipinski definition) is 0. The molecule has 0 unspecified atom stereocenters. The van der Waals surface area contributed by atoms with E-state index in [1.807, 2.05) is 58.8 Å². The van der Waals surface area contributed by atoms with Crippen LogP contribution in [0.1, 0.15) is 24.4 Å².